The number of hydrogen-bond acceptors (Lipinski definition) is 4. The number of pyridine rings is 1. The Hall–Kier alpha value is -2.14. The number of nitrogens with two attached hydrogens (primary N) is 1. The molecule has 1 aliphatic rings. The van der Waals surface area contributed by atoms with Crippen molar-refractivity contribution in [1.29, 1.82) is 0 Å². The van der Waals surface area contributed by atoms with Gasteiger partial charge < -0.3 is 15.2 Å². The molecule has 2 N–H and O–H groups in total. The lowest BCUT2D eigenvalue weighted by atomic mass is 9.94. The van der Waals surface area contributed by atoms with Crippen LogP contribution in [0.1, 0.15) is 29.7 Å². The highest BCUT2D eigenvalue weighted by Crippen LogP contribution is 2.39. The molecule has 20 heavy (non-hydrogen) atoms. The van der Waals surface area contributed by atoms with E-state index in [1.165, 1.54) is 12.1 Å². The molecular formula is C15H15FN2O2. The van der Waals surface area contributed by atoms with Gasteiger partial charge in [0.2, 0.25) is 5.88 Å². The van der Waals surface area contributed by atoms with E-state index in [0.29, 0.717) is 18.1 Å². The molecule has 1 aromatic carbocycles. The van der Waals surface area contributed by atoms with E-state index in [-0.39, 0.29) is 18.0 Å². The Morgan fingerprint density at radius 2 is 2.20 bits per heavy atom. The molecule has 4 nitrogen and oxygen atoms in total. The minimum atomic E-state index is -0.329. The van der Waals surface area contributed by atoms with Crippen molar-refractivity contribution >= 4 is 0 Å². The van der Waals surface area contributed by atoms with Gasteiger partial charge in [-0.15, -0.1) is 0 Å². The number of nitrogens with zero attached hydrogens (tertiary/aromatic N) is 1. The number of hydrogen-bond donors (Lipinski definition) is 1. The summed E-state index contributed by atoms with van der Waals surface area (Å²) in [6.45, 7) is 0. The lowest BCUT2D eigenvalue weighted by molar-refractivity contribution is 0.160. The third-order valence-corrected chi connectivity index (χ3v) is 3.45. The summed E-state index contributed by atoms with van der Waals surface area (Å²) in [6.07, 6.45) is 2.10. The molecule has 104 valence electrons. The summed E-state index contributed by atoms with van der Waals surface area (Å²) in [5.41, 5.74) is 7.87. The first-order chi connectivity index (χ1) is 9.67. The molecule has 0 aliphatic carbocycles. The van der Waals surface area contributed by atoms with Crippen LogP contribution >= 0.6 is 0 Å². The largest absolute Gasteiger partial charge is 0.485 e. The molecule has 2 heterocycles. The fraction of sp³-hybridized carbons (Fsp3) is 0.267. The van der Waals surface area contributed by atoms with Crippen LogP contribution in [-0.2, 0) is 0 Å². The predicted octanol–water partition coefficient (Wildman–Crippen LogP) is 2.75. The second-order valence-corrected chi connectivity index (χ2v) is 4.76. The van der Waals surface area contributed by atoms with E-state index in [1.54, 1.807) is 25.4 Å². The van der Waals surface area contributed by atoms with E-state index >= 15 is 0 Å². The minimum absolute atomic E-state index is 0.175. The standard InChI is InChI=1S/C15H15FN2O2/c1-19-15-5-2-9(8-18-15)13-7-12(17)11-4-3-10(16)6-14(11)20-13/h2-6,8,12-13H,7,17H2,1H3. The van der Waals surface area contributed by atoms with Crippen molar-refractivity contribution in [1.82, 2.24) is 4.98 Å². The van der Waals surface area contributed by atoms with E-state index in [9.17, 15) is 4.39 Å². The minimum Gasteiger partial charge on any atom is -0.485 e. The third-order valence-electron chi connectivity index (χ3n) is 3.45. The fourth-order valence-corrected chi connectivity index (χ4v) is 2.38. The Morgan fingerprint density at radius 1 is 1.35 bits per heavy atom. The summed E-state index contributed by atoms with van der Waals surface area (Å²) >= 11 is 0. The van der Waals surface area contributed by atoms with E-state index in [1.807, 2.05) is 6.07 Å². The Bertz CT molecular complexity index is 616. The molecule has 0 amide bonds. The lowest BCUT2D eigenvalue weighted by Crippen LogP contribution is -2.24. The quantitative estimate of drug-likeness (QED) is 0.914. The van der Waals surface area contributed by atoms with E-state index in [0.717, 1.165) is 11.1 Å². The summed E-state index contributed by atoms with van der Waals surface area (Å²) in [5.74, 6) is 0.717. The maximum atomic E-state index is 13.3. The third kappa shape index (κ3) is 2.32. The Kier molecular flexibility index (Phi) is 3.28. The number of fused-ring (bicyclic) bond motifs is 1. The Morgan fingerprint density at radius 3 is 2.90 bits per heavy atom. The van der Waals surface area contributed by atoms with Gasteiger partial charge in [0.25, 0.3) is 0 Å². The zero-order chi connectivity index (χ0) is 14.1. The van der Waals surface area contributed by atoms with Crippen molar-refractivity contribution in [2.75, 3.05) is 7.11 Å². The van der Waals surface area contributed by atoms with Crippen molar-refractivity contribution in [2.24, 2.45) is 5.73 Å². The summed E-state index contributed by atoms with van der Waals surface area (Å²) < 4.78 is 24.2. The van der Waals surface area contributed by atoms with Crippen LogP contribution in [0.4, 0.5) is 4.39 Å². The topological polar surface area (TPSA) is 57.4 Å². The predicted molar refractivity (Wildman–Crippen MR) is 72.1 cm³/mol. The first-order valence-electron chi connectivity index (χ1n) is 6.39. The van der Waals surface area contributed by atoms with Crippen molar-refractivity contribution in [3.05, 3.63) is 53.5 Å². The molecule has 2 unspecified atom stereocenters. The first-order valence-corrected chi connectivity index (χ1v) is 6.39. The highest BCUT2D eigenvalue weighted by molar-refractivity contribution is 5.39. The molecule has 0 fully saturated rings. The van der Waals surface area contributed by atoms with E-state index < -0.39 is 0 Å². The molecule has 0 radical (unpaired) electrons. The van der Waals surface area contributed by atoms with Crippen LogP contribution in [0.25, 0.3) is 0 Å². The highest BCUT2D eigenvalue weighted by atomic mass is 19.1. The molecule has 0 bridgehead atoms. The maximum Gasteiger partial charge on any atom is 0.212 e. The number of benzene rings is 1. The van der Waals surface area contributed by atoms with Crippen LogP contribution in [0.3, 0.4) is 0 Å². The first kappa shape index (κ1) is 12.9. The number of rotatable bonds is 2. The monoisotopic (exact) mass is 274 g/mol. The molecule has 1 aliphatic heterocycles. The van der Waals surface area contributed by atoms with Crippen LogP contribution in [0, 0.1) is 5.82 Å². The molecule has 0 saturated carbocycles. The van der Waals surface area contributed by atoms with Gasteiger partial charge in [0, 0.05) is 41.9 Å². The average molecular weight is 274 g/mol. The highest BCUT2D eigenvalue weighted by Gasteiger charge is 2.27. The van der Waals surface area contributed by atoms with Gasteiger partial charge in [-0.05, 0) is 12.1 Å². The van der Waals surface area contributed by atoms with Crippen LogP contribution in [0.2, 0.25) is 0 Å². The molecular weight excluding hydrogens is 259 g/mol. The van der Waals surface area contributed by atoms with Gasteiger partial charge in [-0.1, -0.05) is 6.07 Å². The SMILES string of the molecule is COc1ccc(C2CC(N)c3ccc(F)cc3O2)cn1. The molecule has 0 saturated heterocycles. The summed E-state index contributed by atoms with van der Waals surface area (Å²) in [4.78, 5) is 4.15. The second kappa shape index (κ2) is 5.09. The van der Waals surface area contributed by atoms with Crippen LogP contribution in [0.5, 0.6) is 11.6 Å². The average Bonchev–Trinajstić information content (AvgIpc) is 2.46. The van der Waals surface area contributed by atoms with Gasteiger partial charge in [-0.25, -0.2) is 9.37 Å². The molecule has 3 rings (SSSR count). The van der Waals surface area contributed by atoms with Crippen molar-refractivity contribution in [2.45, 2.75) is 18.6 Å². The fourth-order valence-electron chi connectivity index (χ4n) is 2.38. The Labute approximate surface area is 116 Å². The normalized spacial score (nSPS) is 20.9. The summed E-state index contributed by atoms with van der Waals surface area (Å²) in [5, 5.41) is 0. The molecule has 2 aromatic rings. The van der Waals surface area contributed by atoms with Crippen molar-refractivity contribution in [3.63, 3.8) is 0 Å². The number of ether oxygens (including phenoxy) is 2. The zero-order valence-electron chi connectivity index (χ0n) is 11.0. The van der Waals surface area contributed by atoms with Crippen molar-refractivity contribution < 1.29 is 13.9 Å². The maximum absolute atomic E-state index is 13.3. The van der Waals surface area contributed by atoms with Gasteiger partial charge in [-0.2, -0.15) is 0 Å². The number of methoxy groups -OCH3 is 1. The summed E-state index contributed by atoms with van der Waals surface area (Å²) in [6, 6.07) is 7.93. The second-order valence-electron chi connectivity index (χ2n) is 4.76. The van der Waals surface area contributed by atoms with Gasteiger partial charge >= 0.3 is 0 Å². The Balaban J connectivity index is 1.89. The molecule has 0 spiro atoms. The smallest absolute Gasteiger partial charge is 0.212 e. The van der Waals surface area contributed by atoms with Crippen molar-refractivity contribution in [3.8, 4) is 11.6 Å². The van der Waals surface area contributed by atoms with Crippen LogP contribution < -0.4 is 15.2 Å². The molecule has 2 atom stereocenters. The van der Waals surface area contributed by atoms with E-state index in [4.69, 9.17) is 15.2 Å². The number of halogens is 1. The van der Waals surface area contributed by atoms with Gasteiger partial charge in [0.1, 0.15) is 17.7 Å². The zero-order valence-corrected chi connectivity index (χ0v) is 11.0. The molecule has 1 aromatic heterocycles. The van der Waals surface area contributed by atoms with Gasteiger partial charge in [0.15, 0.2) is 0 Å². The van der Waals surface area contributed by atoms with Gasteiger partial charge in [-0.3, -0.25) is 0 Å². The lowest BCUT2D eigenvalue weighted by Gasteiger charge is -2.30. The van der Waals surface area contributed by atoms with E-state index in [2.05, 4.69) is 4.98 Å². The van der Waals surface area contributed by atoms with Gasteiger partial charge in [0.05, 0.1) is 7.11 Å². The van der Waals surface area contributed by atoms with Crippen LogP contribution in [0.15, 0.2) is 36.5 Å². The summed E-state index contributed by atoms with van der Waals surface area (Å²) in [7, 11) is 1.56. The number of aromatic nitrogens is 1. The van der Waals surface area contributed by atoms with Crippen LogP contribution in [-0.4, -0.2) is 12.1 Å². The molecule has 5 heteroatoms.